The van der Waals surface area contributed by atoms with Crippen LogP contribution in [-0.2, 0) is 9.53 Å². The quantitative estimate of drug-likeness (QED) is 0.466. The molecule has 1 N–H and O–H groups in total. The van der Waals surface area contributed by atoms with E-state index in [4.69, 9.17) is 5.11 Å². The van der Waals surface area contributed by atoms with E-state index < -0.39 is 12.1 Å². The largest absolute Gasteiger partial charge is 0.452 e. The molecule has 0 aliphatic heterocycles. The van der Waals surface area contributed by atoms with Crippen molar-refractivity contribution in [2.75, 3.05) is 0 Å². The Morgan fingerprint density at radius 3 is 2.60 bits per heavy atom. The SMILES string of the molecule is C=C(C)C(=O)O[CH]C(C)O. The zero-order valence-electron chi connectivity index (χ0n) is 6.13. The number of hydrogen-bond donors (Lipinski definition) is 1. The average molecular weight is 143 g/mol. The lowest BCUT2D eigenvalue weighted by atomic mass is 10.3. The van der Waals surface area contributed by atoms with Crippen molar-refractivity contribution in [2.24, 2.45) is 0 Å². The molecular weight excluding hydrogens is 132 g/mol. The third-order valence-corrected chi connectivity index (χ3v) is 0.720. The summed E-state index contributed by atoms with van der Waals surface area (Å²) >= 11 is 0. The van der Waals surface area contributed by atoms with Gasteiger partial charge in [-0.15, -0.1) is 0 Å². The number of aliphatic hydroxyl groups excluding tert-OH is 1. The van der Waals surface area contributed by atoms with E-state index in [-0.39, 0.29) is 0 Å². The predicted molar refractivity (Wildman–Crippen MR) is 36.9 cm³/mol. The van der Waals surface area contributed by atoms with E-state index in [9.17, 15) is 4.79 Å². The van der Waals surface area contributed by atoms with E-state index in [0.29, 0.717) is 5.57 Å². The summed E-state index contributed by atoms with van der Waals surface area (Å²) in [6, 6.07) is 0. The molecule has 10 heavy (non-hydrogen) atoms. The van der Waals surface area contributed by atoms with Gasteiger partial charge in [0.1, 0.15) is 0 Å². The minimum atomic E-state index is -0.733. The van der Waals surface area contributed by atoms with Crippen LogP contribution in [0, 0.1) is 6.61 Å². The maximum atomic E-state index is 10.6. The summed E-state index contributed by atoms with van der Waals surface area (Å²) in [6.45, 7) is 7.44. The molecule has 0 aromatic rings. The summed E-state index contributed by atoms with van der Waals surface area (Å²) in [5.74, 6) is -0.513. The van der Waals surface area contributed by atoms with Crippen LogP contribution in [0.1, 0.15) is 13.8 Å². The number of aliphatic hydroxyl groups is 1. The van der Waals surface area contributed by atoms with Crippen LogP contribution < -0.4 is 0 Å². The Kier molecular flexibility index (Phi) is 3.72. The van der Waals surface area contributed by atoms with E-state index in [1.807, 2.05) is 0 Å². The third-order valence-electron chi connectivity index (χ3n) is 0.720. The van der Waals surface area contributed by atoms with Crippen molar-refractivity contribution in [3.8, 4) is 0 Å². The molecule has 57 valence electrons. The van der Waals surface area contributed by atoms with Crippen LogP contribution >= 0.6 is 0 Å². The minimum absolute atomic E-state index is 0.317. The standard InChI is InChI=1S/C7H11O3/c1-5(2)7(9)10-4-6(3)8/h4,6,8H,1H2,2-3H3. The number of esters is 1. The number of hydrogen-bond acceptors (Lipinski definition) is 3. The van der Waals surface area contributed by atoms with Crippen molar-refractivity contribution in [1.29, 1.82) is 0 Å². The van der Waals surface area contributed by atoms with Gasteiger partial charge in [0, 0.05) is 5.57 Å². The van der Waals surface area contributed by atoms with Crippen LogP contribution in [0.5, 0.6) is 0 Å². The van der Waals surface area contributed by atoms with Gasteiger partial charge in [-0.05, 0) is 13.8 Å². The molecule has 0 aliphatic carbocycles. The molecule has 0 spiro atoms. The Morgan fingerprint density at radius 2 is 2.30 bits per heavy atom. The van der Waals surface area contributed by atoms with Gasteiger partial charge in [0.15, 0.2) is 6.61 Å². The van der Waals surface area contributed by atoms with Crippen LogP contribution in [0.3, 0.4) is 0 Å². The molecule has 1 radical (unpaired) electrons. The van der Waals surface area contributed by atoms with Gasteiger partial charge in [0.05, 0.1) is 6.10 Å². The van der Waals surface area contributed by atoms with Crippen molar-refractivity contribution in [1.82, 2.24) is 0 Å². The Hall–Kier alpha value is -0.830. The molecular formula is C7H11O3. The highest BCUT2D eigenvalue weighted by molar-refractivity contribution is 5.87. The van der Waals surface area contributed by atoms with Gasteiger partial charge in [0.2, 0.25) is 0 Å². The summed E-state index contributed by atoms with van der Waals surface area (Å²) in [7, 11) is 0. The second-order valence-electron chi connectivity index (χ2n) is 2.06. The molecule has 0 heterocycles. The van der Waals surface area contributed by atoms with Gasteiger partial charge in [0.25, 0.3) is 0 Å². The van der Waals surface area contributed by atoms with Gasteiger partial charge in [-0.2, -0.15) is 0 Å². The zero-order valence-corrected chi connectivity index (χ0v) is 6.13. The fraction of sp³-hybridized carbons (Fsp3) is 0.429. The maximum Gasteiger partial charge on any atom is 0.333 e. The summed E-state index contributed by atoms with van der Waals surface area (Å²) in [6.07, 6.45) is -0.733. The average Bonchev–Trinajstić information content (AvgIpc) is 1.82. The lowest BCUT2D eigenvalue weighted by molar-refractivity contribution is -0.137. The van der Waals surface area contributed by atoms with Crippen LogP contribution in [0.2, 0.25) is 0 Å². The number of carbonyl (C=O) groups is 1. The minimum Gasteiger partial charge on any atom is -0.452 e. The molecule has 0 aliphatic rings. The van der Waals surface area contributed by atoms with E-state index in [1.54, 1.807) is 0 Å². The molecule has 0 amide bonds. The fourth-order valence-corrected chi connectivity index (χ4v) is 0.261. The summed E-state index contributed by atoms with van der Waals surface area (Å²) in [4.78, 5) is 10.6. The molecule has 1 unspecified atom stereocenters. The van der Waals surface area contributed by atoms with E-state index in [0.717, 1.165) is 6.61 Å². The summed E-state index contributed by atoms with van der Waals surface area (Å²) in [5.41, 5.74) is 0.317. The Morgan fingerprint density at radius 1 is 1.80 bits per heavy atom. The Balaban J connectivity index is 3.50. The normalized spacial score (nSPS) is 12.3. The molecule has 3 heteroatoms. The molecule has 0 saturated carbocycles. The highest BCUT2D eigenvalue weighted by Gasteiger charge is 2.04. The Labute approximate surface area is 60.3 Å². The molecule has 0 aromatic heterocycles. The highest BCUT2D eigenvalue weighted by atomic mass is 16.5. The van der Waals surface area contributed by atoms with Gasteiger partial charge in [-0.25, -0.2) is 4.79 Å². The first-order chi connectivity index (χ1) is 4.54. The molecule has 0 bridgehead atoms. The van der Waals surface area contributed by atoms with Gasteiger partial charge in [-0.1, -0.05) is 6.58 Å². The first kappa shape index (κ1) is 9.17. The molecule has 0 saturated heterocycles. The van der Waals surface area contributed by atoms with E-state index >= 15 is 0 Å². The first-order valence-electron chi connectivity index (χ1n) is 2.92. The van der Waals surface area contributed by atoms with Crippen LogP contribution in [0.25, 0.3) is 0 Å². The number of carbonyl (C=O) groups excluding carboxylic acids is 1. The number of rotatable bonds is 3. The van der Waals surface area contributed by atoms with Crippen LogP contribution in [0.4, 0.5) is 0 Å². The van der Waals surface area contributed by atoms with Gasteiger partial charge in [-0.3, -0.25) is 0 Å². The van der Waals surface area contributed by atoms with Gasteiger partial charge >= 0.3 is 5.97 Å². The fourth-order valence-electron chi connectivity index (χ4n) is 0.261. The smallest absolute Gasteiger partial charge is 0.333 e. The first-order valence-corrected chi connectivity index (χ1v) is 2.92. The molecule has 3 nitrogen and oxygen atoms in total. The van der Waals surface area contributed by atoms with Crippen molar-refractivity contribution in [2.45, 2.75) is 20.0 Å². The van der Waals surface area contributed by atoms with E-state index in [2.05, 4.69) is 11.3 Å². The highest BCUT2D eigenvalue weighted by Crippen LogP contribution is 1.96. The summed E-state index contributed by atoms with van der Waals surface area (Å²) < 4.78 is 4.45. The second-order valence-corrected chi connectivity index (χ2v) is 2.06. The van der Waals surface area contributed by atoms with Crippen molar-refractivity contribution >= 4 is 5.97 Å². The molecule has 0 fully saturated rings. The monoisotopic (exact) mass is 143 g/mol. The topological polar surface area (TPSA) is 46.5 Å². The maximum absolute atomic E-state index is 10.6. The molecule has 0 rings (SSSR count). The lowest BCUT2D eigenvalue weighted by Crippen LogP contribution is -2.09. The van der Waals surface area contributed by atoms with E-state index in [1.165, 1.54) is 13.8 Å². The van der Waals surface area contributed by atoms with Crippen molar-refractivity contribution in [3.63, 3.8) is 0 Å². The van der Waals surface area contributed by atoms with Crippen molar-refractivity contribution < 1.29 is 14.6 Å². The van der Waals surface area contributed by atoms with Crippen LogP contribution in [-0.4, -0.2) is 17.2 Å². The predicted octanol–water partition coefficient (Wildman–Crippen LogP) is 0.648. The molecule has 1 atom stereocenters. The Bertz CT molecular complexity index is 138. The molecule has 0 aromatic carbocycles. The zero-order chi connectivity index (χ0) is 8.15. The van der Waals surface area contributed by atoms with Crippen molar-refractivity contribution in [3.05, 3.63) is 18.8 Å². The second kappa shape index (κ2) is 4.06. The summed E-state index contributed by atoms with van der Waals surface area (Å²) in [5, 5.41) is 8.62. The lowest BCUT2D eigenvalue weighted by Gasteiger charge is -2.03. The third kappa shape index (κ3) is 4.09. The van der Waals surface area contributed by atoms with Crippen LogP contribution in [0.15, 0.2) is 12.2 Å². The van der Waals surface area contributed by atoms with Gasteiger partial charge < -0.3 is 9.84 Å². The number of ether oxygens (including phenoxy) is 1.